The molecule has 1 N–H and O–H groups in total. The standard InChI is InChI=1S/C18H23OS.C17H21O2S.C16H16F3OS.C14H14OS/c1-2-3-12-19-17-10-11-18(20-13-6-7-14-20)16-9-5-4-8-15(16)17;1-18-10-11-19-16-8-9-17(20-12-4-5-13-20)15-7-3-2-6-14(15)16;17-16(18,19)11-20-14-7-8-15(21-9-3-4-10-21)13-6-2-1-5-12(13)14;15-13-7-8-14(16-9-3-4-10-16)12-6-2-1-5-11(12)13/h4-5,8-11H,2-3,6-7,12-14H2,1H3;2-3,6-9H,4-5,10-13H2,1H3;1-2,5-8H,3-4,9-11H2;1-2,5-8H,3-4,9-10H2/q3*+1;/p+1. The highest BCUT2D eigenvalue weighted by Crippen LogP contribution is 2.39. The summed E-state index contributed by atoms with van der Waals surface area (Å²) >= 11 is 0. The molecule has 4 saturated heterocycles. The van der Waals surface area contributed by atoms with Crippen molar-refractivity contribution in [3.63, 3.8) is 0 Å². The van der Waals surface area contributed by atoms with Gasteiger partial charge < -0.3 is 24.1 Å². The largest absolute Gasteiger partial charge is 0.507 e. The molecular weight excluding hydrogens is 1050 g/mol. The average Bonchev–Trinajstić information content (AvgIpc) is 4.35. The van der Waals surface area contributed by atoms with Crippen molar-refractivity contribution >= 4 is 86.7 Å². The molecule has 406 valence electrons. The summed E-state index contributed by atoms with van der Waals surface area (Å²) in [7, 11) is 3.25. The Bertz CT molecular complexity index is 3040. The highest BCUT2D eigenvalue weighted by atomic mass is 32.2. The van der Waals surface area contributed by atoms with Crippen molar-refractivity contribution in [2.75, 3.05) is 79.6 Å². The molecule has 0 bridgehead atoms. The molecule has 4 fully saturated rings. The first-order valence-corrected chi connectivity index (χ1v) is 33.9. The molecule has 5 nitrogen and oxygen atoms in total. The van der Waals surface area contributed by atoms with Crippen LogP contribution in [0, 0.1) is 0 Å². The maximum absolute atomic E-state index is 12.3. The molecule has 0 aromatic heterocycles. The Morgan fingerprint density at radius 1 is 0.390 bits per heavy atom. The molecule has 0 unspecified atom stereocenters. The number of ether oxygens (including phenoxy) is 4. The van der Waals surface area contributed by atoms with Gasteiger partial charge >= 0.3 is 6.18 Å². The molecule has 8 aromatic rings. The van der Waals surface area contributed by atoms with Crippen LogP contribution in [0.25, 0.3) is 43.1 Å². The Morgan fingerprint density at radius 3 is 1.05 bits per heavy atom. The zero-order chi connectivity index (χ0) is 53.4. The van der Waals surface area contributed by atoms with Gasteiger partial charge in [-0.25, -0.2) is 0 Å². The maximum Gasteiger partial charge on any atom is 0.422 e. The summed E-state index contributed by atoms with van der Waals surface area (Å²) in [6.07, 6.45) is 8.74. The average molecular weight is 1120 g/mol. The lowest BCUT2D eigenvalue weighted by Gasteiger charge is -2.13. The molecule has 0 saturated carbocycles. The van der Waals surface area contributed by atoms with Gasteiger partial charge in [0.25, 0.3) is 0 Å². The van der Waals surface area contributed by atoms with Crippen molar-refractivity contribution in [3.05, 3.63) is 146 Å². The zero-order valence-electron chi connectivity index (χ0n) is 44.8. The number of halogens is 3. The number of fused-ring (bicyclic) bond motifs is 4. The van der Waals surface area contributed by atoms with E-state index in [2.05, 4.69) is 97.9 Å². The molecule has 0 aliphatic carbocycles. The number of phenolic OH excluding ortho intramolecular Hbond substituents is 1. The number of benzene rings is 8. The molecule has 0 spiro atoms. The van der Waals surface area contributed by atoms with Crippen LogP contribution in [0.5, 0.6) is 23.0 Å². The van der Waals surface area contributed by atoms with E-state index >= 15 is 0 Å². The Morgan fingerprint density at radius 2 is 0.701 bits per heavy atom. The van der Waals surface area contributed by atoms with Gasteiger partial charge in [0.15, 0.2) is 26.2 Å². The number of aromatic hydroxyl groups is 1. The lowest BCUT2D eigenvalue weighted by atomic mass is 10.1. The van der Waals surface area contributed by atoms with Crippen LogP contribution in [-0.4, -0.2) is 90.8 Å². The topological polar surface area (TPSA) is 57.2 Å². The number of alkyl halides is 3. The number of phenols is 1. The Kier molecular flexibility index (Phi) is 20.9. The van der Waals surface area contributed by atoms with Crippen LogP contribution < -0.4 is 14.2 Å². The van der Waals surface area contributed by atoms with Gasteiger partial charge in [-0.2, -0.15) is 13.2 Å². The second-order valence-corrected chi connectivity index (χ2v) is 28.8. The molecule has 77 heavy (non-hydrogen) atoms. The first-order valence-electron chi connectivity index (χ1n) is 27.6. The second kappa shape index (κ2) is 28.3. The quantitative estimate of drug-likeness (QED) is 0.0869. The van der Waals surface area contributed by atoms with Crippen LogP contribution in [0.4, 0.5) is 13.2 Å². The van der Waals surface area contributed by atoms with E-state index in [-0.39, 0.29) is 10.9 Å². The maximum atomic E-state index is 12.3. The zero-order valence-corrected chi connectivity index (χ0v) is 48.0. The monoisotopic (exact) mass is 1120 g/mol. The molecule has 4 aliphatic rings. The Labute approximate surface area is 466 Å². The van der Waals surface area contributed by atoms with Crippen molar-refractivity contribution in [3.8, 4) is 23.0 Å². The SMILES string of the molecule is CCCCOc1ccc([S+]2CCCC2)c2ccccc12.COCCOc1ccc([S+]2CCCC2)c2ccccc12.FC(F)(F)COc1ccc([S+]2CCCC2)c2ccccc12.Oc1ccc([S+]2CCCC2)c2ccccc12. The number of rotatable bonds is 14. The molecule has 4 heterocycles. The smallest absolute Gasteiger partial charge is 0.422 e. The molecule has 0 radical (unpaired) electrons. The van der Waals surface area contributed by atoms with Gasteiger partial charge in [-0.05, 0) is 131 Å². The summed E-state index contributed by atoms with van der Waals surface area (Å²) in [6.45, 7) is 3.01. The molecular formula is C65H75F3O5S4+4. The predicted molar refractivity (Wildman–Crippen MR) is 325 cm³/mol. The van der Waals surface area contributed by atoms with Crippen molar-refractivity contribution in [2.24, 2.45) is 0 Å². The molecule has 0 atom stereocenters. The van der Waals surface area contributed by atoms with Crippen molar-refractivity contribution in [1.82, 2.24) is 0 Å². The first kappa shape index (κ1) is 56.9. The molecule has 0 amide bonds. The second-order valence-electron chi connectivity index (χ2n) is 19.8. The van der Waals surface area contributed by atoms with E-state index in [1.807, 2.05) is 48.5 Å². The third-order valence-corrected chi connectivity index (χ3v) is 24.6. The summed E-state index contributed by atoms with van der Waals surface area (Å²) in [4.78, 5) is 5.80. The van der Waals surface area contributed by atoms with Crippen molar-refractivity contribution in [1.29, 1.82) is 0 Å². The van der Waals surface area contributed by atoms with Gasteiger partial charge in [-0.15, -0.1) is 0 Å². The van der Waals surface area contributed by atoms with Crippen LogP contribution >= 0.6 is 0 Å². The Hall–Kier alpha value is -4.85. The summed E-state index contributed by atoms with van der Waals surface area (Å²) < 4.78 is 58.9. The predicted octanol–water partition coefficient (Wildman–Crippen LogP) is 16.3. The van der Waals surface area contributed by atoms with Crippen molar-refractivity contribution in [2.45, 2.75) is 96.9 Å². The number of hydrogen-bond donors (Lipinski definition) is 1. The van der Waals surface area contributed by atoms with E-state index in [0.717, 1.165) is 40.7 Å². The van der Waals surface area contributed by atoms with Crippen LogP contribution in [0.2, 0.25) is 0 Å². The fourth-order valence-corrected chi connectivity index (χ4v) is 20.6. The number of hydrogen-bond acceptors (Lipinski definition) is 5. The van der Waals surface area contributed by atoms with E-state index in [9.17, 15) is 18.3 Å². The van der Waals surface area contributed by atoms with Gasteiger partial charge in [0.2, 0.25) is 0 Å². The van der Waals surface area contributed by atoms with E-state index in [4.69, 9.17) is 18.9 Å². The van der Waals surface area contributed by atoms with E-state index in [1.165, 1.54) is 145 Å². The van der Waals surface area contributed by atoms with Crippen LogP contribution in [0.1, 0.15) is 71.1 Å². The van der Waals surface area contributed by atoms with Crippen LogP contribution in [-0.2, 0) is 48.3 Å². The Balaban J connectivity index is 0.000000126. The van der Waals surface area contributed by atoms with Gasteiger partial charge in [0, 0.05) is 93.8 Å². The fraction of sp³-hybridized carbons (Fsp3) is 0.385. The van der Waals surface area contributed by atoms with E-state index < -0.39 is 12.8 Å². The first-order chi connectivity index (χ1) is 37.7. The third-order valence-electron chi connectivity index (χ3n) is 14.5. The lowest BCUT2D eigenvalue weighted by Crippen LogP contribution is -2.19. The summed E-state index contributed by atoms with van der Waals surface area (Å²) in [6, 6.07) is 49.7. The van der Waals surface area contributed by atoms with Gasteiger partial charge in [0.05, 0.1) is 13.2 Å². The minimum Gasteiger partial charge on any atom is -0.507 e. The lowest BCUT2D eigenvalue weighted by molar-refractivity contribution is -0.153. The van der Waals surface area contributed by atoms with E-state index in [1.54, 1.807) is 18.1 Å². The highest BCUT2D eigenvalue weighted by molar-refractivity contribution is 7.98. The normalized spacial score (nSPS) is 16.3. The highest BCUT2D eigenvalue weighted by Gasteiger charge is 2.33. The molecule has 8 aromatic carbocycles. The summed E-state index contributed by atoms with van der Waals surface area (Å²) in [5, 5.41) is 19.2. The van der Waals surface area contributed by atoms with Gasteiger partial charge in [-0.3, -0.25) is 0 Å². The molecule has 12 rings (SSSR count). The minimum atomic E-state index is -4.31. The fourth-order valence-electron chi connectivity index (χ4n) is 10.6. The summed E-state index contributed by atoms with van der Waals surface area (Å²) in [5.41, 5.74) is 0. The number of unbranched alkanes of at least 4 members (excludes halogenated alkanes) is 1. The van der Waals surface area contributed by atoms with Crippen molar-refractivity contribution < 1.29 is 37.2 Å². The third kappa shape index (κ3) is 14.9. The number of methoxy groups -OCH3 is 1. The van der Waals surface area contributed by atoms with Gasteiger partial charge in [0.1, 0.15) is 75.6 Å². The molecule has 12 heteroatoms. The van der Waals surface area contributed by atoms with Crippen LogP contribution in [0.15, 0.2) is 165 Å². The van der Waals surface area contributed by atoms with Gasteiger partial charge in [-0.1, -0.05) is 86.1 Å². The molecule has 4 aliphatic heterocycles. The summed E-state index contributed by atoms with van der Waals surface area (Å²) in [5.74, 6) is 13.2. The van der Waals surface area contributed by atoms with Crippen LogP contribution in [0.3, 0.4) is 0 Å². The minimum absolute atomic E-state index is 0.228. The van der Waals surface area contributed by atoms with E-state index in [0.29, 0.717) is 57.4 Å².